The molecular weight excluding hydrogens is 542 g/mol. The van der Waals surface area contributed by atoms with E-state index < -0.39 is 42.0 Å². The summed E-state index contributed by atoms with van der Waals surface area (Å²) in [5.74, 6) is -2.12. The first-order valence-corrected chi connectivity index (χ1v) is 15.9. The molecule has 0 radical (unpaired) electrons. The zero-order chi connectivity index (χ0) is 31.2. The second-order valence-corrected chi connectivity index (χ2v) is 11.9. The third-order valence-electron chi connectivity index (χ3n) is 8.42. The van der Waals surface area contributed by atoms with Crippen LogP contribution in [0.1, 0.15) is 83.8 Å². The lowest BCUT2D eigenvalue weighted by atomic mass is 9.93. The number of ether oxygens (including phenoxy) is 1. The molecule has 0 unspecified atom stereocenters. The highest BCUT2D eigenvalue weighted by Crippen LogP contribution is 2.22. The molecule has 2 aromatic rings. The number of rotatable bonds is 12. The Labute approximate surface area is 256 Å². The molecule has 0 spiro atoms. The Hall–Kier alpha value is -3.68. The van der Waals surface area contributed by atoms with Crippen molar-refractivity contribution in [2.45, 2.75) is 110 Å². The summed E-state index contributed by atoms with van der Waals surface area (Å²) < 4.78 is 6.05. The average molecular weight is 592 g/mol. The molecule has 3 rings (SSSR count). The van der Waals surface area contributed by atoms with Crippen molar-refractivity contribution in [1.29, 1.82) is 0 Å². The summed E-state index contributed by atoms with van der Waals surface area (Å²) in [6, 6.07) is 16.1. The summed E-state index contributed by atoms with van der Waals surface area (Å²) in [6.07, 6.45) is 5.45. The van der Waals surface area contributed by atoms with Crippen LogP contribution in [0.4, 0.5) is 0 Å². The number of esters is 1. The van der Waals surface area contributed by atoms with Crippen LogP contribution in [0.25, 0.3) is 0 Å². The van der Waals surface area contributed by atoms with Gasteiger partial charge in [-0.15, -0.1) is 0 Å². The van der Waals surface area contributed by atoms with E-state index in [1.165, 1.54) is 0 Å². The van der Waals surface area contributed by atoms with Crippen LogP contribution in [0.5, 0.6) is 0 Å². The van der Waals surface area contributed by atoms with E-state index in [4.69, 9.17) is 4.74 Å². The zero-order valence-corrected chi connectivity index (χ0v) is 26.1. The quantitative estimate of drug-likeness (QED) is 0.240. The number of nitrogens with one attached hydrogen (secondary N) is 3. The molecule has 0 aromatic heterocycles. The van der Waals surface area contributed by atoms with Crippen molar-refractivity contribution < 1.29 is 23.9 Å². The van der Waals surface area contributed by atoms with Crippen LogP contribution < -0.4 is 16.0 Å². The van der Waals surface area contributed by atoms with Gasteiger partial charge in [0.15, 0.2) is 0 Å². The van der Waals surface area contributed by atoms with Gasteiger partial charge in [0, 0.05) is 12.8 Å². The maximum Gasteiger partial charge on any atom is 0.329 e. The summed E-state index contributed by atoms with van der Waals surface area (Å²) >= 11 is 0. The molecule has 1 aliphatic heterocycles. The summed E-state index contributed by atoms with van der Waals surface area (Å²) in [7, 11) is 0. The fourth-order valence-corrected chi connectivity index (χ4v) is 5.41. The summed E-state index contributed by atoms with van der Waals surface area (Å²) in [5.41, 5.74) is 1.73. The highest BCUT2D eigenvalue weighted by molar-refractivity contribution is 5.94. The van der Waals surface area contributed by atoms with E-state index in [1.807, 2.05) is 81.4 Å². The van der Waals surface area contributed by atoms with Gasteiger partial charge >= 0.3 is 5.97 Å². The van der Waals surface area contributed by atoms with Crippen molar-refractivity contribution in [3.63, 3.8) is 0 Å². The van der Waals surface area contributed by atoms with Crippen LogP contribution in [0.3, 0.4) is 0 Å². The second kappa shape index (κ2) is 17.4. The van der Waals surface area contributed by atoms with Gasteiger partial charge in [0.25, 0.3) is 0 Å². The van der Waals surface area contributed by atoms with E-state index >= 15 is 0 Å². The van der Waals surface area contributed by atoms with Crippen LogP contribution in [0.2, 0.25) is 0 Å². The van der Waals surface area contributed by atoms with Gasteiger partial charge in [0.05, 0.1) is 6.42 Å². The highest BCUT2D eigenvalue weighted by Gasteiger charge is 2.36. The Bertz CT molecular complexity index is 1170. The first-order valence-electron chi connectivity index (χ1n) is 15.9. The molecule has 8 nitrogen and oxygen atoms in total. The van der Waals surface area contributed by atoms with E-state index in [1.54, 1.807) is 0 Å². The molecule has 8 heteroatoms. The number of hydrogen-bond acceptors (Lipinski definition) is 5. The van der Waals surface area contributed by atoms with Crippen LogP contribution in [-0.2, 0) is 36.8 Å². The van der Waals surface area contributed by atoms with Crippen molar-refractivity contribution in [2.75, 3.05) is 0 Å². The number of hydrogen-bond donors (Lipinski definition) is 3. The zero-order valence-electron chi connectivity index (χ0n) is 26.1. The van der Waals surface area contributed by atoms with Gasteiger partial charge in [0.2, 0.25) is 17.7 Å². The van der Waals surface area contributed by atoms with Crippen LogP contribution in [0.15, 0.2) is 60.7 Å². The second-order valence-electron chi connectivity index (χ2n) is 11.9. The maximum atomic E-state index is 13.8. The van der Waals surface area contributed by atoms with Gasteiger partial charge in [0.1, 0.15) is 24.2 Å². The Morgan fingerprint density at radius 1 is 0.721 bits per heavy atom. The molecule has 0 saturated carbocycles. The molecule has 0 aliphatic carbocycles. The van der Waals surface area contributed by atoms with Crippen molar-refractivity contribution in [3.05, 3.63) is 71.8 Å². The molecule has 2 aromatic carbocycles. The summed E-state index contributed by atoms with van der Waals surface area (Å²) in [4.78, 5) is 54.6. The number of unbranched alkanes of at least 4 members (excludes halogenated alkanes) is 3. The van der Waals surface area contributed by atoms with E-state index in [2.05, 4.69) is 22.9 Å². The van der Waals surface area contributed by atoms with E-state index in [9.17, 15) is 19.2 Å². The van der Waals surface area contributed by atoms with Crippen molar-refractivity contribution in [1.82, 2.24) is 16.0 Å². The molecule has 6 atom stereocenters. The lowest BCUT2D eigenvalue weighted by Crippen LogP contribution is -2.57. The van der Waals surface area contributed by atoms with Gasteiger partial charge in [-0.1, -0.05) is 120 Å². The van der Waals surface area contributed by atoms with Gasteiger partial charge < -0.3 is 20.7 Å². The predicted octanol–water partition coefficient (Wildman–Crippen LogP) is 4.89. The number of carbonyl (C=O) groups is 4. The normalized spacial score (nSPS) is 23.3. The first-order chi connectivity index (χ1) is 20.7. The summed E-state index contributed by atoms with van der Waals surface area (Å²) in [6.45, 7) is 7.99. The van der Waals surface area contributed by atoms with Gasteiger partial charge in [-0.2, -0.15) is 0 Å². The Balaban J connectivity index is 1.96. The molecular formula is C35H49N3O5. The minimum absolute atomic E-state index is 0.0616. The third kappa shape index (κ3) is 10.8. The molecule has 3 N–H and O–H groups in total. The molecule has 43 heavy (non-hydrogen) atoms. The SMILES string of the molecule is CCCCCC[C@H](C)[C@H]1CC(=O)N[C@@H](Cc2ccccc2)C(=O)N[C@@H](Cc2ccccc2)C(=O)N[C@H]([C@@H](C)CC)C(=O)O1. The monoisotopic (exact) mass is 591 g/mol. The molecule has 1 fully saturated rings. The number of carbonyl (C=O) groups excluding carboxylic acids is 4. The van der Waals surface area contributed by atoms with Crippen LogP contribution in [0, 0.1) is 11.8 Å². The van der Waals surface area contributed by atoms with E-state index in [0.29, 0.717) is 6.42 Å². The predicted molar refractivity (Wildman–Crippen MR) is 168 cm³/mol. The van der Waals surface area contributed by atoms with Crippen molar-refractivity contribution in [2.24, 2.45) is 11.8 Å². The third-order valence-corrected chi connectivity index (χ3v) is 8.42. The highest BCUT2D eigenvalue weighted by atomic mass is 16.5. The molecule has 0 bridgehead atoms. The van der Waals surface area contributed by atoms with Crippen LogP contribution >= 0.6 is 0 Å². The van der Waals surface area contributed by atoms with Crippen LogP contribution in [-0.4, -0.2) is 47.9 Å². The molecule has 1 saturated heterocycles. The average Bonchev–Trinajstić information content (AvgIpc) is 3.01. The standard InChI is InChI=1S/C35H49N3O5/c1-5-7-8-11-16-25(4)30-23-31(39)36-28(21-26-17-12-9-13-18-26)33(40)37-29(22-27-19-14-10-15-20-27)34(41)38-32(24(3)6-2)35(42)43-30/h9-10,12-15,17-20,24-25,28-30,32H,5-8,11,16,21-23H2,1-4H3,(H,36,39)(H,37,40)(H,38,41)/t24-,25-,28-,29-,30+,32+/m0/s1. The summed E-state index contributed by atoms with van der Waals surface area (Å²) in [5, 5.41) is 8.70. The lowest BCUT2D eigenvalue weighted by molar-refractivity contribution is -0.158. The molecule has 1 heterocycles. The lowest BCUT2D eigenvalue weighted by Gasteiger charge is -2.29. The van der Waals surface area contributed by atoms with Crippen molar-refractivity contribution >= 4 is 23.7 Å². The van der Waals surface area contributed by atoms with E-state index in [-0.39, 0.29) is 37.0 Å². The molecule has 234 valence electrons. The molecule has 3 amide bonds. The van der Waals surface area contributed by atoms with Gasteiger partial charge in [-0.05, 0) is 29.4 Å². The van der Waals surface area contributed by atoms with Gasteiger partial charge in [-0.3, -0.25) is 14.4 Å². The fourth-order valence-electron chi connectivity index (χ4n) is 5.41. The molecule has 1 aliphatic rings. The topological polar surface area (TPSA) is 114 Å². The fraction of sp³-hybridized carbons (Fsp3) is 0.543. The number of cyclic esters (lactones) is 1. The Morgan fingerprint density at radius 2 is 1.28 bits per heavy atom. The minimum Gasteiger partial charge on any atom is -0.460 e. The number of benzene rings is 2. The Morgan fingerprint density at radius 3 is 1.84 bits per heavy atom. The maximum absolute atomic E-state index is 13.8. The van der Waals surface area contributed by atoms with Gasteiger partial charge in [-0.25, -0.2) is 4.79 Å². The van der Waals surface area contributed by atoms with E-state index in [0.717, 1.165) is 43.2 Å². The smallest absolute Gasteiger partial charge is 0.329 e. The first kappa shape index (κ1) is 33.8. The van der Waals surface area contributed by atoms with Crippen molar-refractivity contribution in [3.8, 4) is 0 Å². The largest absolute Gasteiger partial charge is 0.460 e. The Kier molecular flexibility index (Phi) is 13.7. The minimum atomic E-state index is -0.960. The number of amides is 3.